The number of aliphatic hydroxyl groups is 1. The van der Waals surface area contributed by atoms with Crippen molar-refractivity contribution in [3.8, 4) is 0 Å². The summed E-state index contributed by atoms with van der Waals surface area (Å²) in [4.78, 5) is 14.1. The first kappa shape index (κ1) is 26.4. The molecule has 1 aromatic rings. The molecule has 9 heteroatoms. The number of anilines is 1. The molecule has 2 fully saturated rings. The Bertz CT molecular complexity index is 1160. The molecule has 1 saturated carbocycles. The van der Waals surface area contributed by atoms with Crippen LogP contribution in [0.25, 0.3) is 0 Å². The molecule has 0 aromatic heterocycles. The number of allylic oxidation sites excluding steroid dienone is 3. The predicted molar refractivity (Wildman–Crippen MR) is 128 cm³/mol. The molecule has 3 aliphatic carbocycles. The van der Waals surface area contributed by atoms with Gasteiger partial charge in [-0.05, 0) is 84.4 Å². The molecular weight excluding hydrogens is 493 g/mol. The van der Waals surface area contributed by atoms with Crippen LogP contribution in [0, 0.1) is 17.3 Å². The number of fused-ring (bicyclic) bond motifs is 4. The van der Waals surface area contributed by atoms with Crippen molar-refractivity contribution >= 4 is 11.5 Å². The van der Waals surface area contributed by atoms with Crippen molar-refractivity contribution in [3.05, 3.63) is 52.6 Å². The summed E-state index contributed by atoms with van der Waals surface area (Å²) >= 11 is 0. The molecule has 4 nitrogen and oxygen atoms in total. The summed E-state index contributed by atoms with van der Waals surface area (Å²) in [6.07, 6.45) is -3.69. The second kappa shape index (κ2) is 8.63. The van der Waals surface area contributed by atoms with Gasteiger partial charge in [-0.25, -0.2) is 0 Å². The maximum absolute atomic E-state index is 15.0. The Morgan fingerprint density at radius 1 is 1.03 bits per heavy atom. The van der Waals surface area contributed by atoms with E-state index in [-0.39, 0.29) is 18.1 Å². The Labute approximate surface area is 213 Å². The Hall–Kier alpha value is -2.26. The molecule has 0 radical (unpaired) electrons. The van der Waals surface area contributed by atoms with Crippen LogP contribution in [0.1, 0.15) is 57.1 Å². The Morgan fingerprint density at radius 3 is 2.32 bits per heavy atom. The minimum atomic E-state index is -5.89. The molecule has 0 bridgehead atoms. The molecular formula is C28H32F5NO3. The van der Waals surface area contributed by atoms with Gasteiger partial charge in [0.2, 0.25) is 0 Å². The van der Waals surface area contributed by atoms with Gasteiger partial charge in [-0.2, -0.15) is 22.0 Å². The van der Waals surface area contributed by atoms with Gasteiger partial charge in [0, 0.05) is 31.6 Å². The van der Waals surface area contributed by atoms with Gasteiger partial charge in [-0.15, -0.1) is 0 Å². The van der Waals surface area contributed by atoms with E-state index >= 15 is 0 Å². The number of benzene rings is 1. The maximum atomic E-state index is 15.0. The summed E-state index contributed by atoms with van der Waals surface area (Å²) in [5.74, 6) is -6.23. The van der Waals surface area contributed by atoms with Crippen LogP contribution in [0.5, 0.6) is 0 Å². The lowest BCUT2D eigenvalue weighted by Gasteiger charge is -2.47. The Balaban J connectivity index is 1.66. The normalized spacial score (nSPS) is 34.4. The number of carbonyl (C=O) groups excluding carboxylic acids is 1. The van der Waals surface area contributed by atoms with Gasteiger partial charge in [0.25, 0.3) is 0 Å². The van der Waals surface area contributed by atoms with Gasteiger partial charge in [0.05, 0.1) is 6.61 Å². The fourth-order valence-corrected chi connectivity index (χ4v) is 7.24. The van der Waals surface area contributed by atoms with Crippen molar-refractivity contribution in [1.29, 1.82) is 0 Å². The third-order valence-corrected chi connectivity index (χ3v) is 9.30. The molecule has 0 amide bonds. The Kier molecular flexibility index (Phi) is 6.15. The van der Waals surface area contributed by atoms with Gasteiger partial charge < -0.3 is 14.7 Å². The van der Waals surface area contributed by atoms with E-state index in [1.54, 1.807) is 6.08 Å². The second-order valence-corrected chi connectivity index (χ2v) is 11.4. The number of alkyl halides is 5. The molecule has 37 heavy (non-hydrogen) atoms. The first-order valence-corrected chi connectivity index (χ1v) is 12.7. The van der Waals surface area contributed by atoms with Crippen LogP contribution in [-0.2, 0) is 9.53 Å². The first-order valence-electron chi connectivity index (χ1n) is 12.7. The number of rotatable bonds is 3. The minimum absolute atomic E-state index is 0.0316. The van der Waals surface area contributed by atoms with E-state index in [2.05, 4.69) is 0 Å². The first-order chi connectivity index (χ1) is 17.2. The molecule has 1 saturated heterocycles. The van der Waals surface area contributed by atoms with E-state index in [0.29, 0.717) is 25.7 Å². The molecule has 202 valence electrons. The number of halogens is 5. The van der Waals surface area contributed by atoms with Crippen LogP contribution in [0.2, 0.25) is 0 Å². The average Bonchev–Trinajstić information content (AvgIpc) is 3.02. The topological polar surface area (TPSA) is 49.8 Å². The summed E-state index contributed by atoms with van der Waals surface area (Å²) in [6.45, 7) is 0.894. The van der Waals surface area contributed by atoms with E-state index in [1.807, 2.05) is 43.3 Å². The van der Waals surface area contributed by atoms with Crippen molar-refractivity contribution in [2.45, 2.75) is 69.3 Å². The highest BCUT2D eigenvalue weighted by molar-refractivity contribution is 5.93. The molecule has 1 N–H and O–H groups in total. The molecule has 1 heterocycles. The number of ether oxygens (including phenoxy) is 1. The smallest absolute Gasteiger partial charge is 0.383 e. The van der Waals surface area contributed by atoms with Crippen molar-refractivity contribution in [2.24, 2.45) is 17.3 Å². The van der Waals surface area contributed by atoms with Crippen LogP contribution in [0.3, 0.4) is 0 Å². The largest absolute Gasteiger partial charge is 0.456 e. The monoisotopic (exact) mass is 525 g/mol. The molecule has 2 unspecified atom stereocenters. The summed E-state index contributed by atoms with van der Waals surface area (Å²) in [5, 5.41) is 11.2. The van der Waals surface area contributed by atoms with Gasteiger partial charge in [0.1, 0.15) is 11.7 Å². The highest BCUT2D eigenvalue weighted by Gasteiger charge is 2.78. The van der Waals surface area contributed by atoms with E-state index in [1.165, 1.54) is 6.92 Å². The zero-order chi connectivity index (χ0) is 27.0. The van der Waals surface area contributed by atoms with Crippen LogP contribution >= 0.6 is 0 Å². The van der Waals surface area contributed by atoms with Gasteiger partial charge >= 0.3 is 12.1 Å². The zero-order valence-corrected chi connectivity index (χ0v) is 21.2. The lowest BCUT2D eigenvalue weighted by Crippen LogP contribution is -2.65. The van der Waals surface area contributed by atoms with Gasteiger partial charge in [0.15, 0.2) is 5.78 Å². The molecule has 0 spiro atoms. The molecule has 1 aliphatic heterocycles. The molecule has 4 aliphatic rings. The molecule has 1 aromatic carbocycles. The van der Waals surface area contributed by atoms with Crippen LogP contribution < -0.4 is 4.90 Å². The van der Waals surface area contributed by atoms with Crippen LogP contribution in [-0.4, -0.2) is 49.3 Å². The highest BCUT2D eigenvalue weighted by Crippen LogP contribution is 2.66. The maximum Gasteiger partial charge on any atom is 0.456 e. The molecule has 5 atom stereocenters. The quantitative estimate of drug-likeness (QED) is 0.480. The van der Waals surface area contributed by atoms with Crippen molar-refractivity contribution in [3.63, 3.8) is 0 Å². The summed E-state index contributed by atoms with van der Waals surface area (Å²) in [6, 6.07) is 7.59. The standard InChI is InChI=1S/C28H32F5NO3/c1-25-15-37-24(16-4-7-18(8-5-16)34(2)3)23-20-11-9-19(35)14-17(20)6-10-21(23)22(25)12-13-26(25,36)27(29,30)28(31,32)33/h4-5,7-8,14,21-22,24,36H,6,9-13,15H2,1-3H3/t21?,22?,24-,25+,26+/m1/s1. The Morgan fingerprint density at radius 2 is 1.70 bits per heavy atom. The van der Waals surface area contributed by atoms with E-state index in [0.717, 1.165) is 28.0 Å². The lowest BCUT2D eigenvalue weighted by atomic mass is 9.60. The fraction of sp³-hybridized carbons (Fsp3) is 0.607. The third-order valence-electron chi connectivity index (χ3n) is 9.30. The van der Waals surface area contributed by atoms with Crippen LogP contribution in [0.4, 0.5) is 27.6 Å². The van der Waals surface area contributed by atoms with Crippen LogP contribution in [0.15, 0.2) is 47.1 Å². The average molecular weight is 526 g/mol. The fourth-order valence-electron chi connectivity index (χ4n) is 7.24. The van der Waals surface area contributed by atoms with E-state index in [9.17, 15) is 31.9 Å². The third kappa shape index (κ3) is 3.79. The van der Waals surface area contributed by atoms with E-state index in [4.69, 9.17) is 4.74 Å². The SMILES string of the molecule is CN(C)c1ccc([C@H]2OC[C@@]3(C)C(CC[C@@]3(O)C(F)(F)C(F)(F)F)C3CCC4=CC(=O)CCC4=C32)cc1. The van der Waals surface area contributed by atoms with E-state index < -0.39 is 48.2 Å². The molecule has 5 rings (SSSR count). The lowest BCUT2D eigenvalue weighted by molar-refractivity contribution is -0.363. The van der Waals surface area contributed by atoms with Crippen molar-refractivity contribution < 1.29 is 36.6 Å². The predicted octanol–water partition coefficient (Wildman–Crippen LogP) is 6.16. The number of hydrogen-bond donors (Lipinski definition) is 1. The second-order valence-electron chi connectivity index (χ2n) is 11.4. The van der Waals surface area contributed by atoms with Gasteiger partial charge in [-0.3, -0.25) is 4.79 Å². The summed E-state index contributed by atoms with van der Waals surface area (Å²) in [5.41, 5.74) is -0.671. The number of hydrogen-bond acceptors (Lipinski definition) is 4. The minimum Gasteiger partial charge on any atom is -0.383 e. The number of ketones is 1. The summed E-state index contributed by atoms with van der Waals surface area (Å²) < 4.78 is 77.0. The van der Waals surface area contributed by atoms with Crippen molar-refractivity contribution in [1.82, 2.24) is 0 Å². The number of carbonyl (C=O) groups is 1. The van der Waals surface area contributed by atoms with Crippen molar-refractivity contribution in [2.75, 3.05) is 25.6 Å². The zero-order valence-electron chi connectivity index (χ0n) is 21.2. The van der Waals surface area contributed by atoms with Gasteiger partial charge in [-0.1, -0.05) is 19.1 Å². The highest BCUT2D eigenvalue weighted by atomic mass is 19.4. The number of nitrogens with zero attached hydrogens (tertiary/aromatic N) is 1. The summed E-state index contributed by atoms with van der Waals surface area (Å²) in [7, 11) is 3.80.